The van der Waals surface area contributed by atoms with Gasteiger partial charge >= 0.3 is 5.97 Å². The summed E-state index contributed by atoms with van der Waals surface area (Å²) >= 11 is 2.96. The number of fused-ring (bicyclic) bond motifs is 1. The molecule has 3 rings (SSSR count). The van der Waals surface area contributed by atoms with Crippen molar-refractivity contribution in [1.29, 1.82) is 0 Å². The van der Waals surface area contributed by atoms with Crippen LogP contribution in [0.25, 0.3) is 0 Å². The minimum absolute atomic E-state index is 0.0306. The highest BCUT2D eigenvalue weighted by Crippen LogP contribution is 2.40. The molecule has 2 aromatic rings. The van der Waals surface area contributed by atoms with Crippen LogP contribution in [0.3, 0.4) is 0 Å². The van der Waals surface area contributed by atoms with E-state index in [0.717, 1.165) is 29.7 Å². The van der Waals surface area contributed by atoms with Gasteiger partial charge in [-0.1, -0.05) is 40.7 Å². The molecule has 2 atom stereocenters. The molecule has 0 saturated carbocycles. The lowest BCUT2D eigenvalue weighted by Crippen LogP contribution is -2.25. The number of esters is 1. The number of carbonyl (C=O) groups is 3. The smallest absolute Gasteiger partial charge is 0.341 e. The molecule has 0 spiro atoms. The lowest BCUT2D eigenvalue weighted by atomic mass is 9.88. The Morgan fingerprint density at radius 1 is 1.19 bits per heavy atom. The molecule has 0 fully saturated rings. The Kier molecular flexibility index (Phi) is 9.64. The number of amides is 2. The highest BCUT2D eigenvalue weighted by atomic mass is 32.2. The van der Waals surface area contributed by atoms with E-state index in [1.54, 1.807) is 6.92 Å². The SMILES string of the molecule is CCOC(=O)c1c(NC(=O)C(CC)Sc2cccc(NC(=O)CC(C)(C)C)c2)sc2c1CCC(C)C2. The molecule has 6 nitrogen and oxygen atoms in total. The Labute approximate surface area is 223 Å². The Morgan fingerprint density at radius 2 is 1.94 bits per heavy atom. The van der Waals surface area contributed by atoms with E-state index >= 15 is 0 Å². The summed E-state index contributed by atoms with van der Waals surface area (Å²) in [6.45, 7) is 12.4. The molecule has 2 amide bonds. The minimum Gasteiger partial charge on any atom is -0.462 e. The molecule has 0 saturated heterocycles. The molecular weight excluding hydrogens is 492 g/mol. The van der Waals surface area contributed by atoms with Gasteiger partial charge in [-0.2, -0.15) is 0 Å². The van der Waals surface area contributed by atoms with Crippen molar-refractivity contribution in [2.45, 2.75) is 83.8 Å². The van der Waals surface area contributed by atoms with E-state index in [0.29, 0.717) is 41.6 Å². The summed E-state index contributed by atoms with van der Waals surface area (Å²) in [7, 11) is 0. The number of benzene rings is 1. The third-order valence-corrected chi connectivity index (χ3v) is 8.51. The van der Waals surface area contributed by atoms with Crippen LogP contribution in [-0.2, 0) is 27.2 Å². The van der Waals surface area contributed by atoms with Gasteiger partial charge in [0.1, 0.15) is 5.00 Å². The van der Waals surface area contributed by atoms with Crippen LogP contribution in [0.5, 0.6) is 0 Å². The maximum atomic E-state index is 13.3. The Hall–Kier alpha value is -2.32. The third kappa shape index (κ3) is 7.59. The van der Waals surface area contributed by atoms with Gasteiger partial charge in [0.15, 0.2) is 0 Å². The maximum absolute atomic E-state index is 13.3. The molecule has 1 aromatic heterocycles. The first-order chi connectivity index (χ1) is 17.0. The molecule has 1 aromatic carbocycles. The van der Waals surface area contributed by atoms with Crippen molar-refractivity contribution in [3.63, 3.8) is 0 Å². The summed E-state index contributed by atoms with van der Waals surface area (Å²) in [6.07, 6.45) is 3.82. The number of thioether (sulfide) groups is 1. The van der Waals surface area contributed by atoms with E-state index in [4.69, 9.17) is 4.74 Å². The largest absolute Gasteiger partial charge is 0.462 e. The van der Waals surface area contributed by atoms with E-state index in [1.807, 2.05) is 52.0 Å². The van der Waals surface area contributed by atoms with Crippen molar-refractivity contribution in [3.8, 4) is 0 Å². The van der Waals surface area contributed by atoms with Gasteiger partial charge in [0.2, 0.25) is 11.8 Å². The fourth-order valence-electron chi connectivity index (χ4n) is 4.27. The molecule has 2 unspecified atom stereocenters. The first-order valence-electron chi connectivity index (χ1n) is 12.7. The first-order valence-corrected chi connectivity index (χ1v) is 14.4. The molecule has 0 bridgehead atoms. The molecule has 2 N–H and O–H groups in total. The number of hydrogen-bond acceptors (Lipinski definition) is 6. The number of nitrogens with one attached hydrogen (secondary N) is 2. The summed E-state index contributed by atoms with van der Waals surface area (Å²) in [5.41, 5.74) is 2.18. The number of carbonyl (C=O) groups excluding carboxylic acids is 3. The Balaban J connectivity index is 1.75. The number of thiophene rings is 1. The van der Waals surface area contributed by atoms with Gasteiger partial charge in [0.25, 0.3) is 0 Å². The predicted octanol–water partition coefficient (Wildman–Crippen LogP) is 6.93. The van der Waals surface area contributed by atoms with Crippen LogP contribution >= 0.6 is 23.1 Å². The Morgan fingerprint density at radius 3 is 2.61 bits per heavy atom. The van der Waals surface area contributed by atoms with Gasteiger partial charge in [-0.05, 0) is 67.7 Å². The van der Waals surface area contributed by atoms with E-state index in [-0.39, 0.29) is 28.4 Å². The minimum atomic E-state index is -0.362. The van der Waals surface area contributed by atoms with Crippen molar-refractivity contribution in [2.75, 3.05) is 17.2 Å². The molecule has 0 aliphatic heterocycles. The van der Waals surface area contributed by atoms with Crippen molar-refractivity contribution < 1.29 is 19.1 Å². The summed E-state index contributed by atoms with van der Waals surface area (Å²) in [5.74, 6) is 0.0305. The summed E-state index contributed by atoms with van der Waals surface area (Å²) < 4.78 is 5.34. The van der Waals surface area contributed by atoms with Gasteiger partial charge in [0.05, 0.1) is 17.4 Å². The molecule has 196 valence electrons. The molecule has 1 aliphatic carbocycles. The van der Waals surface area contributed by atoms with Crippen LogP contribution in [0.4, 0.5) is 10.7 Å². The fraction of sp³-hybridized carbons (Fsp3) is 0.536. The van der Waals surface area contributed by atoms with E-state index in [1.165, 1.54) is 28.0 Å². The summed E-state index contributed by atoms with van der Waals surface area (Å²) in [5, 5.41) is 6.26. The zero-order chi connectivity index (χ0) is 26.5. The second-order valence-corrected chi connectivity index (χ2v) is 13.0. The standard InChI is InChI=1S/C28H38N2O4S2/c1-7-21(35-19-11-9-10-18(15-19)29-23(31)16-28(4,5)6)25(32)30-26-24(27(33)34-8-2)20-13-12-17(3)14-22(20)36-26/h9-11,15,17,21H,7-8,12-14,16H2,1-6H3,(H,29,31)(H,30,32). The second kappa shape index (κ2) is 12.3. The topological polar surface area (TPSA) is 84.5 Å². The molecule has 1 aliphatic rings. The van der Waals surface area contributed by atoms with Gasteiger partial charge in [-0.3, -0.25) is 9.59 Å². The number of rotatable bonds is 9. The lowest BCUT2D eigenvalue weighted by Gasteiger charge is -2.18. The molecule has 8 heteroatoms. The van der Waals surface area contributed by atoms with Crippen LogP contribution in [0.15, 0.2) is 29.2 Å². The van der Waals surface area contributed by atoms with Crippen LogP contribution in [-0.4, -0.2) is 29.6 Å². The van der Waals surface area contributed by atoms with E-state index in [2.05, 4.69) is 17.6 Å². The molecule has 0 radical (unpaired) electrons. The van der Waals surface area contributed by atoms with Gasteiger partial charge in [-0.15, -0.1) is 23.1 Å². The van der Waals surface area contributed by atoms with Gasteiger partial charge in [0, 0.05) is 21.9 Å². The van der Waals surface area contributed by atoms with Crippen molar-refractivity contribution in [1.82, 2.24) is 0 Å². The number of hydrogen-bond donors (Lipinski definition) is 2. The van der Waals surface area contributed by atoms with Crippen LogP contribution in [0.1, 0.15) is 81.6 Å². The zero-order valence-electron chi connectivity index (χ0n) is 22.2. The molecular formula is C28H38N2O4S2. The zero-order valence-corrected chi connectivity index (χ0v) is 23.8. The lowest BCUT2D eigenvalue weighted by molar-refractivity contribution is -0.118. The predicted molar refractivity (Wildman–Crippen MR) is 149 cm³/mol. The monoisotopic (exact) mass is 530 g/mol. The Bertz CT molecular complexity index is 1100. The second-order valence-electron chi connectivity index (χ2n) is 10.6. The normalized spacial score (nSPS) is 16.1. The highest BCUT2D eigenvalue weighted by Gasteiger charge is 2.30. The maximum Gasteiger partial charge on any atom is 0.341 e. The van der Waals surface area contributed by atoms with Crippen LogP contribution < -0.4 is 10.6 Å². The summed E-state index contributed by atoms with van der Waals surface area (Å²) in [6, 6.07) is 7.58. The van der Waals surface area contributed by atoms with Gasteiger partial charge < -0.3 is 15.4 Å². The summed E-state index contributed by atoms with van der Waals surface area (Å²) in [4.78, 5) is 40.5. The number of anilines is 2. The molecule has 1 heterocycles. The third-order valence-electron chi connectivity index (χ3n) is 5.98. The average molecular weight is 531 g/mol. The van der Waals surface area contributed by atoms with Crippen molar-refractivity contribution in [2.24, 2.45) is 11.3 Å². The van der Waals surface area contributed by atoms with Crippen LogP contribution in [0, 0.1) is 11.3 Å². The first kappa shape index (κ1) is 28.3. The molecule has 36 heavy (non-hydrogen) atoms. The average Bonchev–Trinajstić information content (AvgIpc) is 3.13. The fourth-order valence-corrected chi connectivity index (χ4v) is 6.69. The van der Waals surface area contributed by atoms with Crippen LogP contribution in [0.2, 0.25) is 0 Å². The van der Waals surface area contributed by atoms with E-state index in [9.17, 15) is 14.4 Å². The van der Waals surface area contributed by atoms with E-state index < -0.39 is 0 Å². The highest BCUT2D eigenvalue weighted by molar-refractivity contribution is 8.00. The van der Waals surface area contributed by atoms with Gasteiger partial charge in [-0.25, -0.2) is 4.79 Å². The number of ether oxygens (including phenoxy) is 1. The van der Waals surface area contributed by atoms with Crippen molar-refractivity contribution in [3.05, 3.63) is 40.3 Å². The quantitative estimate of drug-likeness (QED) is 0.271. The van der Waals surface area contributed by atoms with Crippen molar-refractivity contribution >= 4 is 51.6 Å².